The van der Waals surface area contributed by atoms with Gasteiger partial charge in [-0.2, -0.15) is 0 Å². The van der Waals surface area contributed by atoms with E-state index in [4.69, 9.17) is 0 Å². The molecule has 0 spiro atoms. The first-order chi connectivity index (χ1) is 12.7. The fraction of sp³-hybridized carbons (Fsp3) is 0.421. The van der Waals surface area contributed by atoms with Crippen LogP contribution in [-0.4, -0.2) is 28.4 Å². The Labute approximate surface area is 162 Å². The molecule has 0 aliphatic heterocycles. The number of hydrogen-bond acceptors (Lipinski definition) is 6. The van der Waals surface area contributed by atoms with Crippen molar-refractivity contribution in [2.24, 2.45) is 0 Å². The van der Waals surface area contributed by atoms with Gasteiger partial charge in [-0.25, -0.2) is 0 Å². The number of nitrogens with one attached hydrogen (secondary N) is 2. The van der Waals surface area contributed by atoms with Crippen LogP contribution in [0.5, 0.6) is 0 Å². The van der Waals surface area contributed by atoms with E-state index in [0.29, 0.717) is 12.3 Å². The minimum Gasteiger partial charge on any atom is -0.357 e. The predicted molar refractivity (Wildman–Crippen MR) is 109 cm³/mol. The van der Waals surface area contributed by atoms with Crippen molar-refractivity contribution < 1.29 is 4.79 Å². The van der Waals surface area contributed by atoms with E-state index in [1.54, 1.807) is 6.08 Å². The van der Waals surface area contributed by atoms with Crippen LogP contribution in [0.4, 0.5) is 5.13 Å². The molecule has 5 nitrogen and oxygen atoms in total. The monoisotopic (exact) mass is 388 g/mol. The highest BCUT2D eigenvalue weighted by molar-refractivity contribution is 8.01. The number of anilines is 1. The van der Waals surface area contributed by atoms with Gasteiger partial charge in [0, 0.05) is 6.54 Å². The minimum atomic E-state index is 0.00886. The molecule has 0 saturated heterocycles. The molecule has 0 fully saturated rings. The van der Waals surface area contributed by atoms with Crippen LogP contribution in [0.2, 0.25) is 0 Å². The van der Waals surface area contributed by atoms with Crippen molar-refractivity contribution in [2.45, 2.75) is 43.0 Å². The second-order valence-corrected chi connectivity index (χ2v) is 8.56. The van der Waals surface area contributed by atoms with E-state index in [2.05, 4.69) is 45.6 Å². The minimum absolute atomic E-state index is 0.00886. The van der Waals surface area contributed by atoms with E-state index in [9.17, 15) is 4.79 Å². The molecular weight excluding hydrogens is 364 g/mol. The third-order valence-electron chi connectivity index (χ3n) is 4.38. The van der Waals surface area contributed by atoms with Gasteiger partial charge in [0.2, 0.25) is 11.0 Å². The van der Waals surface area contributed by atoms with Gasteiger partial charge in [0.15, 0.2) is 4.34 Å². The van der Waals surface area contributed by atoms with Gasteiger partial charge in [0.05, 0.1) is 11.8 Å². The van der Waals surface area contributed by atoms with Gasteiger partial charge in [0.25, 0.3) is 0 Å². The summed E-state index contributed by atoms with van der Waals surface area (Å²) in [5.41, 5.74) is 4.08. The van der Waals surface area contributed by atoms with Crippen LogP contribution in [0.15, 0.2) is 35.2 Å². The number of rotatable bonds is 8. The summed E-state index contributed by atoms with van der Waals surface area (Å²) in [5.74, 6) is 0.349. The molecule has 1 atom stereocenters. The molecule has 1 aromatic heterocycles. The predicted octanol–water partition coefficient (Wildman–Crippen LogP) is 3.98. The lowest BCUT2D eigenvalue weighted by Crippen LogP contribution is -2.28. The number of carbonyl (C=O) groups excluding carboxylic acids is 1. The molecule has 2 N–H and O–H groups in total. The van der Waals surface area contributed by atoms with E-state index in [-0.39, 0.29) is 11.9 Å². The van der Waals surface area contributed by atoms with Crippen LogP contribution < -0.4 is 10.6 Å². The zero-order chi connectivity index (χ0) is 18.4. The normalized spacial score (nSPS) is 14.3. The molecule has 7 heteroatoms. The lowest BCUT2D eigenvalue weighted by molar-refractivity contribution is -0.119. The summed E-state index contributed by atoms with van der Waals surface area (Å²) in [5, 5.41) is 15.0. The van der Waals surface area contributed by atoms with Gasteiger partial charge in [-0.15, -0.1) is 16.8 Å². The van der Waals surface area contributed by atoms with Crippen molar-refractivity contribution in [3.63, 3.8) is 0 Å². The number of nitrogens with zero attached hydrogens (tertiary/aromatic N) is 2. The van der Waals surface area contributed by atoms with Gasteiger partial charge in [-0.05, 0) is 49.3 Å². The maximum absolute atomic E-state index is 12.3. The standard InChI is InChI=1S/C19H24N4OS2/c1-3-10-20-18-22-23-19(26-18)25-12-17(24)21-13(2)15-9-8-14-6-4-5-7-16(14)11-15/h3,8-9,11,13H,1,4-7,10,12H2,2H3,(H,20,22)(H,21,24). The molecule has 3 rings (SSSR count). The molecule has 1 unspecified atom stereocenters. The van der Waals surface area contributed by atoms with E-state index < -0.39 is 0 Å². The van der Waals surface area contributed by atoms with Gasteiger partial charge >= 0.3 is 0 Å². The third-order valence-corrected chi connectivity index (χ3v) is 6.40. The van der Waals surface area contributed by atoms with Gasteiger partial charge in [-0.3, -0.25) is 4.79 Å². The van der Waals surface area contributed by atoms with E-state index in [1.807, 2.05) is 6.92 Å². The average molecular weight is 389 g/mol. The fourth-order valence-electron chi connectivity index (χ4n) is 3.02. The Morgan fingerprint density at radius 3 is 2.96 bits per heavy atom. The molecule has 26 heavy (non-hydrogen) atoms. The van der Waals surface area contributed by atoms with Crippen LogP contribution in [0.3, 0.4) is 0 Å². The SMILES string of the molecule is C=CCNc1nnc(SCC(=O)NC(C)c2ccc3c(c2)CCCC3)s1. The largest absolute Gasteiger partial charge is 0.357 e. The maximum Gasteiger partial charge on any atom is 0.230 e. The number of amides is 1. The summed E-state index contributed by atoms with van der Waals surface area (Å²) in [4.78, 5) is 12.3. The molecule has 2 aromatic rings. The van der Waals surface area contributed by atoms with Crippen LogP contribution in [0.1, 0.15) is 42.5 Å². The second-order valence-electron chi connectivity index (χ2n) is 6.36. The van der Waals surface area contributed by atoms with Crippen molar-refractivity contribution in [3.05, 3.63) is 47.5 Å². The summed E-state index contributed by atoms with van der Waals surface area (Å²) >= 11 is 2.86. The summed E-state index contributed by atoms with van der Waals surface area (Å²) < 4.78 is 0.785. The Morgan fingerprint density at radius 1 is 1.35 bits per heavy atom. The molecule has 1 aliphatic rings. The van der Waals surface area contributed by atoms with Crippen molar-refractivity contribution >= 4 is 34.1 Å². The molecule has 1 heterocycles. The van der Waals surface area contributed by atoms with Crippen LogP contribution >= 0.6 is 23.1 Å². The van der Waals surface area contributed by atoms with E-state index >= 15 is 0 Å². The van der Waals surface area contributed by atoms with Crippen LogP contribution in [-0.2, 0) is 17.6 Å². The number of carbonyl (C=O) groups is 1. The van der Waals surface area contributed by atoms with E-state index in [1.165, 1.54) is 59.1 Å². The first kappa shape index (κ1) is 18.9. The first-order valence-corrected chi connectivity index (χ1v) is 10.7. The Morgan fingerprint density at radius 2 is 2.15 bits per heavy atom. The summed E-state index contributed by atoms with van der Waals surface area (Å²) in [6.07, 6.45) is 6.65. The lowest BCUT2D eigenvalue weighted by atomic mass is 9.89. The number of fused-ring (bicyclic) bond motifs is 1. The molecular formula is C19H24N4OS2. The van der Waals surface area contributed by atoms with Gasteiger partial charge < -0.3 is 10.6 Å². The Kier molecular flexibility index (Phi) is 6.68. The molecule has 1 aliphatic carbocycles. The molecule has 1 amide bonds. The number of aromatic nitrogens is 2. The highest BCUT2D eigenvalue weighted by atomic mass is 32.2. The maximum atomic E-state index is 12.3. The van der Waals surface area contributed by atoms with Gasteiger partial charge in [-0.1, -0.05) is 47.4 Å². The fourth-order valence-corrected chi connectivity index (χ4v) is 4.59. The second kappa shape index (κ2) is 9.19. The first-order valence-electron chi connectivity index (χ1n) is 8.88. The van der Waals surface area contributed by atoms with Crippen molar-refractivity contribution in [1.29, 1.82) is 0 Å². The highest BCUT2D eigenvalue weighted by Crippen LogP contribution is 2.26. The molecule has 0 radical (unpaired) electrons. The van der Waals surface area contributed by atoms with E-state index in [0.717, 1.165) is 15.9 Å². The van der Waals surface area contributed by atoms with Crippen molar-refractivity contribution in [3.8, 4) is 0 Å². The quantitative estimate of drug-likeness (QED) is 0.529. The number of thioether (sulfide) groups is 1. The van der Waals surface area contributed by atoms with Crippen molar-refractivity contribution in [2.75, 3.05) is 17.6 Å². The summed E-state index contributed by atoms with van der Waals surface area (Å²) in [7, 11) is 0. The van der Waals surface area contributed by atoms with Crippen LogP contribution in [0, 0.1) is 0 Å². The van der Waals surface area contributed by atoms with Gasteiger partial charge in [0.1, 0.15) is 0 Å². The smallest absolute Gasteiger partial charge is 0.230 e. The zero-order valence-corrected chi connectivity index (χ0v) is 16.6. The van der Waals surface area contributed by atoms with Crippen LogP contribution in [0.25, 0.3) is 0 Å². The zero-order valence-electron chi connectivity index (χ0n) is 15.0. The highest BCUT2D eigenvalue weighted by Gasteiger charge is 2.15. The molecule has 0 saturated carbocycles. The average Bonchev–Trinajstić information content (AvgIpc) is 3.12. The Balaban J connectivity index is 1.49. The summed E-state index contributed by atoms with van der Waals surface area (Å²) in [6.45, 7) is 6.34. The summed E-state index contributed by atoms with van der Waals surface area (Å²) in [6, 6.07) is 6.63. The number of aryl methyl sites for hydroxylation is 2. The lowest BCUT2D eigenvalue weighted by Gasteiger charge is -2.20. The Hall–Kier alpha value is -1.86. The Bertz CT molecular complexity index is 775. The number of hydrogen-bond donors (Lipinski definition) is 2. The van der Waals surface area contributed by atoms with Crippen molar-refractivity contribution in [1.82, 2.24) is 15.5 Å². The molecule has 1 aromatic carbocycles. The topological polar surface area (TPSA) is 66.9 Å². The molecule has 0 bridgehead atoms. The third kappa shape index (κ3) is 5.08. The molecule has 138 valence electrons. The number of benzene rings is 1.